The summed E-state index contributed by atoms with van der Waals surface area (Å²) in [4.78, 5) is 18.5. The van der Waals surface area contributed by atoms with Crippen LogP contribution in [-0.4, -0.2) is 42.4 Å². The predicted molar refractivity (Wildman–Crippen MR) is 98.9 cm³/mol. The second-order valence-electron chi connectivity index (χ2n) is 6.85. The van der Waals surface area contributed by atoms with Crippen LogP contribution >= 0.6 is 0 Å². The molecule has 1 heterocycles. The van der Waals surface area contributed by atoms with Gasteiger partial charge in [-0.15, -0.1) is 0 Å². The Morgan fingerprint density at radius 2 is 2.20 bits per heavy atom. The van der Waals surface area contributed by atoms with E-state index in [0.717, 1.165) is 25.1 Å². The van der Waals surface area contributed by atoms with Crippen molar-refractivity contribution in [3.63, 3.8) is 0 Å². The lowest BCUT2D eigenvalue weighted by atomic mass is 10.1. The predicted octanol–water partition coefficient (Wildman–Crippen LogP) is 2.45. The molecule has 1 saturated heterocycles. The number of nitrogens with zero attached hydrogens (tertiary/aromatic N) is 2. The van der Waals surface area contributed by atoms with E-state index in [4.69, 9.17) is 0 Å². The third kappa shape index (κ3) is 5.44. The number of aryl methyl sites for hydroxylation is 1. The molecular weight excluding hydrogens is 319 g/mol. The first kappa shape index (κ1) is 19.2. The molecule has 0 bridgehead atoms. The van der Waals surface area contributed by atoms with Crippen LogP contribution in [0.3, 0.4) is 0 Å². The van der Waals surface area contributed by atoms with Crippen LogP contribution in [0.5, 0.6) is 0 Å². The molecule has 0 saturated carbocycles. The molecule has 138 valence electrons. The van der Waals surface area contributed by atoms with Gasteiger partial charge in [0, 0.05) is 31.6 Å². The normalized spacial score (nSPS) is 17.9. The van der Waals surface area contributed by atoms with Crippen LogP contribution in [0, 0.1) is 18.7 Å². The summed E-state index contributed by atoms with van der Waals surface area (Å²) in [5.74, 6) is 0.718. The molecule has 1 amide bonds. The van der Waals surface area contributed by atoms with Gasteiger partial charge in [0.1, 0.15) is 5.82 Å². The van der Waals surface area contributed by atoms with Crippen LogP contribution < -0.4 is 10.6 Å². The number of guanidine groups is 1. The number of halogens is 1. The van der Waals surface area contributed by atoms with Crippen molar-refractivity contribution in [2.45, 2.75) is 46.7 Å². The number of hydrogen-bond acceptors (Lipinski definition) is 2. The van der Waals surface area contributed by atoms with Crippen molar-refractivity contribution in [1.29, 1.82) is 0 Å². The number of carbonyl (C=O) groups excluding carboxylic acids is 1. The first-order chi connectivity index (χ1) is 11.9. The zero-order chi connectivity index (χ0) is 18.4. The highest BCUT2D eigenvalue weighted by Crippen LogP contribution is 2.13. The number of hydrogen-bond donors (Lipinski definition) is 2. The third-order valence-corrected chi connectivity index (χ3v) is 4.33. The molecule has 2 N–H and O–H groups in total. The summed E-state index contributed by atoms with van der Waals surface area (Å²) in [6, 6.07) is 5.38. The Morgan fingerprint density at radius 1 is 1.44 bits per heavy atom. The number of amides is 1. The van der Waals surface area contributed by atoms with Crippen molar-refractivity contribution >= 4 is 11.9 Å². The molecule has 1 atom stereocenters. The second kappa shape index (κ2) is 8.83. The maximum Gasteiger partial charge on any atom is 0.225 e. The molecule has 5 nitrogen and oxygen atoms in total. The van der Waals surface area contributed by atoms with E-state index in [0.29, 0.717) is 24.6 Å². The topological polar surface area (TPSA) is 56.7 Å². The fourth-order valence-electron chi connectivity index (χ4n) is 2.86. The average molecular weight is 348 g/mol. The Labute approximate surface area is 149 Å². The highest BCUT2D eigenvalue weighted by molar-refractivity contribution is 5.81. The minimum atomic E-state index is -0.204. The lowest BCUT2D eigenvalue weighted by molar-refractivity contribution is -0.133. The standard InChI is InChI=1S/C19H29FN4O/c1-5-21-19(22-11-15-7-6-14(4)17(20)10-15)23-16-8-9-24(12-16)18(25)13(2)3/h6-7,10,13,16H,5,8-9,11-12H2,1-4H3,(H2,21,22,23). The molecule has 1 aliphatic heterocycles. The van der Waals surface area contributed by atoms with E-state index in [9.17, 15) is 9.18 Å². The maximum absolute atomic E-state index is 13.6. The van der Waals surface area contributed by atoms with Gasteiger partial charge < -0.3 is 15.5 Å². The van der Waals surface area contributed by atoms with E-state index in [1.165, 1.54) is 6.07 Å². The molecule has 0 aliphatic carbocycles. The number of nitrogens with one attached hydrogen (secondary N) is 2. The number of aliphatic imine (C=N–C) groups is 1. The summed E-state index contributed by atoms with van der Waals surface area (Å²) in [6.45, 7) is 10.2. The summed E-state index contributed by atoms with van der Waals surface area (Å²) < 4.78 is 13.6. The lowest BCUT2D eigenvalue weighted by Gasteiger charge is -2.20. The highest BCUT2D eigenvalue weighted by Gasteiger charge is 2.27. The summed E-state index contributed by atoms with van der Waals surface area (Å²) in [7, 11) is 0. The Bertz CT molecular complexity index is 630. The van der Waals surface area contributed by atoms with Gasteiger partial charge in [-0.05, 0) is 37.5 Å². The number of carbonyl (C=O) groups is 1. The molecule has 2 rings (SSSR count). The molecular formula is C19H29FN4O. The maximum atomic E-state index is 13.6. The number of rotatable bonds is 5. The zero-order valence-electron chi connectivity index (χ0n) is 15.6. The Kier molecular flexibility index (Phi) is 6.79. The summed E-state index contributed by atoms with van der Waals surface area (Å²) in [5, 5.41) is 6.60. The molecule has 1 unspecified atom stereocenters. The van der Waals surface area contributed by atoms with Crippen LogP contribution in [0.2, 0.25) is 0 Å². The minimum Gasteiger partial charge on any atom is -0.357 e. The summed E-state index contributed by atoms with van der Waals surface area (Å²) in [6.07, 6.45) is 0.905. The van der Waals surface area contributed by atoms with Crippen LogP contribution in [0.15, 0.2) is 23.2 Å². The molecule has 0 spiro atoms. The molecule has 0 radical (unpaired) electrons. The first-order valence-electron chi connectivity index (χ1n) is 8.99. The molecule has 1 fully saturated rings. The van der Waals surface area contributed by atoms with Crippen molar-refractivity contribution < 1.29 is 9.18 Å². The average Bonchev–Trinajstić information content (AvgIpc) is 3.03. The first-order valence-corrected chi connectivity index (χ1v) is 8.99. The van der Waals surface area contributed by atoms with E-state index in [-0.39, 0.29) is 23.7 Å². The van der Waals surface area contributed by atoms with Crippen LogP contribution in [0.4, 0.5) is 4.39 Å². The van der Waals surface area contributed by atoms with Gasteiger partial charge in [-0.3, -0.25) is 4.79 Å². The van der Waals surface area contributed by atoms with Gasteiger partial charge in [-0.2, -0.15) is 0 Å². The molecule has 6 heteroatoms. The zero-order valence-corrected chi connectivity index (χ0v) is 15.6. The van der Waals surface area contributed by atoms with E-state index in [1.54, 1.807) is 13.0 Å². The van der Waals surface area contributed by atoms with Crippen molar-refractivity contribution in [3.8, 4) is 0 Å². The van der Waals surface area contributed by atoms with Gasteiger partial charge in [0.25, 0.3) is 0 Å². The fraction of sp³-hybridized carbons (Fsp3) is 0.579. The van der Waals surface area contributed by atoms with E-state index >= 15 is 0 Å². The smallest absolute Gasteiger partial charge is 0.225 e. The van der Waals surface area contributed by atoms with Gasteiger partial charge in [-0.1, -0.05) is 26.0 Å². The van der Waals surface area contributed by atoms with Gasteiger partial charge in [-0.25, -0.2) is 9.38 Å². The van der Waals surface area contributed by atoms with Crippen molar-refractivity contribution in [2.75, 3.05) is 19.6 Å². The Balaban J connectivity index is 1.96. The Hall–Kier alpha value is -2.11. The highest BCUT2D eigenvalue weighted by atomic mass is 19.1. The quantitative estimate of drug-likeness (QED) is 0.635. The Morgan fingerprint density at radius 3 is 2.84 bits per heavy atom. The molecule has 0 aromatic heterocycles. The van der Waals surface area contributed by atoms with Crippen molar-refractivity contribution in [3.05, 3.63) is 35.1 Å². The molecule has 1 aromatic carbocycles. The van der Waals surface area contributed by atoms with E-state index in [2.05, 4.69) is 15.6 Å². The van der Waals surface area contributed by atoms with E-state index in [1.807, 2.05) is 31.7 Å². The largest absolute Gasteiger partial charge is 0.357 e. The van der Waals surface area contributed by atoms with Crippen molar-refractivity contribution in [1.82, 2.24) is 15.5 Å². The molecule has 1 aromatic rings. The lowest BCUT2D eigenvalue weighted by Crippen LogP contribution is -2.45. The number of likely N-dealkylation sites (tertiary alicyclic amines) is 1. The van der Waals surface area contributed by atoms with Gasteiger partial charge in [0.05, 0.1) is 6.54 Å². The van der Waals surface area contributed by atoms with Gasteiger partial charge in [0.15, 0.2) is 5.96 Å². The van der Waals surface area contributed by atoms with Gasteiger partial charge in [0.2, 0.25) is 5.91 Å². The monoisotopic (exact) mass is 348 g/mol. The molecule has 25 heavy (non-hydrogen) atoms. The SMILES string of the molecule is CCNC(=NCc1ccc(C)c(F)c1)NC1CCN(C(=O)C(C)C)C1. The van der Waals surface area contributed by atoms with Gasteiger partial charge >= 0.3 is 0 Å². The number of benzene rings is 1. The summed E-state index contributed by atoms with van der Waals surface area (Å²) >= 11 is 0. The summed E-state index contributed by atoms with van der Waals surface area (Å²) in [5.41, 5.74) is 1.47. The van der Waals surface area contributed by atoms with Crippen molar-refractivity contribution in [2.24, 2.45) is 10.9 Å². The fourth-order valence-corrected chi connectivity index (χ4v) is 2.86. The minimum absolute atomic E-state index is 0.0251. The van der Waals surface area contributed by atoms with E-state index < -0.39 is 0 Å². The third-order valence-electron chi connectivity index (χ3n) is 4.33. The van der Waals surface area contributed by atoms with Crippen LogP contribution in [0.25, 0.3) is 0 Å². The van der Waals surface area contributed by atoms with Crippen LogP contribution in [-0.2, 0) is 11.3 Å². The van der Waals surface area contributed by atoms with Crippen LogP contribution in [0.1, 0.15) is 38.3 Å². The second-order valence-corrected chi connectivity index (χ2v) is 6.85. The molecule has 1 aliphatic rings.